The summed E-state index contributed by atoms with van der Waals surface area (Å²) in [4.78, 5) is 11.6. The summed E-state index contributed by atoms with van der Waals surface area (Å²) in [6.07, 6.45) is 1.93. The van der Waals surface area contributed by atoms with Crippen molar-refractivity contribution in [3.63, 3.8) is 0 Å². The highest BCUT2D eigenvalue weighted by molar-refractivity contribution is 7.99. The zero-order valence-corrected chi connectivity index (χ0v) is 9.50. The van der Waals surface area contributed by atoms with Crippen LogP contribution in [0.25, 0.3) is 0 Å². The Morgan fingerprint density at radius 3 is 2.86 bits per heavy atom. The Bertz CT molecular complexity index is 405. The summed E-state index contributed by atoms with van der Waals surface area (Å²) in [6, 6.07) is 3.73. The first kappa shape index (κ1) is 9.87. The van der Waals surface area contributed by atoms with E-state index in [0.29, 0.717) is 5.02 Å². The number of thioether (sulfide) groups is 1. The van der Waals surface area contributed by atoms with Crippen LogP contribution in [0.5, 0.6) is 0 Å². The summed E-state index contributed by atoms with van der Waals surface area (Å²) in [7, 11) is 0. The molecule has 1 atom stereocenters. The van der Waals surface area contributed by atoms with Crippen molar-refractivity contribution in [2.24, 2.45) is 0 Å². The van der Waals surface area contributed by atoms with Gasteiger partial charge in [-0.3, -0.25) is 4.79 Å². The average molecular weight is 228 g/mol. The summed E-state index contributed by atoms with van der Waals surface area (Å²) < 4.78 is 0. The molecule has 1 aromatic rings. The molecule has 74 valence electrons. The quantitative estimate of drug-likeness (QED) is 0.799. The molecule has 0 aromatic heterocycles. The monoisotopic (exact) mass is 227 g/mol. The molecule has 1 aliphatic rings. The van der Waals surface area contributed by atoms with E-state index in [4.69, 9.17) is 11.6 Å². The minimum absolute atomic E-state index is 0.0536. The van der Waals surface area contributed by atoms with E-state index in [0.717, 1.165) is 16.8 Å². The number of carbonyl (C=O) groups is 1. The van der Waals surface area contributed by atoms with Crippen molar-refractivity contribution in [2.45, 2.75) is 12.2 Å². The normalized spacial score (nSPS) is 19.4. The minimum atomic E-state index is -0.109. The van der Waals surface area contributed by atoms with Crippen LogP contribution in [-0.2, 0) is 4.79 Å². The zero-order valence-electron chi connectivity index (χ0n) is 7.93. The lowest BCUT2D eigenvalue weighted by atomic mass is 10.1. The van der Waals surface area contributed by atoms with E-state index in [1.54, 1.807) is 0 Å². The van der Waals surface area contributed by atoms with Gasteiger partial charge in [-0.1, -0.05) is 11.6 Å². The molecule has 1 amide bonds. The van der Waals surface area contributed by atoms with E-state index in [-0.39, 0.29) is 11.2 Å². The van der Waals surface area contributed by atoms with E-state index < -0.39 is 0 Å². The fourth-order valence-electron chi connectivity index (χ4n) is 1.71. The van der Waals surface area contributed by atoms with Crippen LogP contribution in [0.2, 0.25) is 5.02 Å². The Kier molecular flexibility index (Phi) is 2.45. The summed E-state index contributed by atoms with van der Waals surface area (Å²) in [5.74, 6) is 0.0536. The van der Waals surface area contributed by atoms with Crippen LogP contribution in [0, 0.1) is 6.92 Å². The van der Waals surface area contributed by atoms with Gasteiger partial charge >= 0.3 is 0 Å². The van der Waals surface area contributed by atoms with Gasteiger partial charge in [0.05, 0.1) is 0 Å². The van der Waals surface area contributed by atoms with Gasteiger partial charge in [0.1, 0.15) is 5.25 Å². The lowest BCUT2D eigenvalue weighted by Crippen LogP contribution is -2.08. The highest BCUT2D eigenvalue weighted by atomic mass is 35.5. The molecule has 0 aliphatic carbocycles. The first-order valence-electron chi connectivity index (χ1n) is 4.27. The van der Waals surface area contributed by atoms with E-state index >= 15 is 0 Å². The van der Waals surface area contributed by atoms with Gasteiger partial charge in [-0.2, -0.15) is 0 Å². The molecule has 0 radical (unpaired) electrons. The molecule has 1 aromatic carbocycles. The summed E-state index contributed by atoms with van der Waals surface area (Å²) in [5, 5.41) is 3.46. The largest absolute Gasteiger partial charge is 0.324 e. The molecular formula is C10H10ClNOS. The number of hydrogen-bond acceptors (Lipinski definition) is 2. The molecule has 14 heavy (non-hydrogen) atoms. The topological polar surface area (TPSA) is 29.1 Å². The first-order chi connectivity index (χ1) is 6.63. The van der Waals surface area contributed by atoms with Crippen LogP contribution in [0.1, 0.15) is 16.4 Å². The third kappa shape index (κ3) is 1.41. The number of halogens is 1. The molecule has 1 aliphatic heterocycles. The molecule has 4 heteroatoms. The van der Waals surface area contributed by atoms with Gasteiger partial charge in [0.15, 0.2) is 0 Å². The van der Waals surface area contributed by atoms with Crippen LogP contribution < -0.4 is 5.32 Å². The second-order valence-corrected chi connectivity index (χ2v) is 4.67. The van der Waals surface area contributed by atoms with E-state index in [1.807, 2.05) is 25.3 Å². The lowest BCUT2D eigenvalue weighted by Gasteiger charge is -2.06. The summed E-state index contributed by atoms with van der Waals surface area (Å²) in [5.41, 5.74) is 2.96. The number of fused-ring (bicyclic) bond motifs is 1. The number of rotatable bonds is 1. The van der Waals surface area contributed by atoms with Crippen molar-refractivity contribution < 1.29 is 4.79 Å². The second-order valence-electron chi connectivity index (χ2n) is 3.29. The molecule has 0 fully saturated rings. The fourth-order valence-corrected chi connectivity index (χ4v) is 2.70. The molecule has 1 heterocycles. The number of carbonyl (C=O) groups excluding carboxylic acids is 1. The molecule has 0 saturated heterocycles. The van der Waals surface area contributed by atoms with Crippen LogP contribution in [-0.4, -0.2) is 12.2 Å². The Balaban J connectivity index is 2.58. The van der Waals surface area contributed by atoms with Gasteiger partial charge in [-0.15, -0.1) is 11.8 Å². The van der Waals surface area contributed by atoms with E-state index in [9.17, 15) is 4.79 Å². The third-order valence-electron chi connectivity index (χ3n) is 2.34. The zero-order chi connectivity index (χ0) is 10.3. The van der Waals surface area contributed by atoms with Crippen molar-refractivity contribution in [3.8, 4) is 0 Å². The smallest absolute Gasteiger partial charge is 0.242 e. The van der Waals surface area contributed by atoms with Crippen LogP contribution >= 0.6 is 23.4 Å². The summed E-state index contributed by atoms with van der Waals surface area (Å²) in [6.45, 7) is 1.95. The Morgan fingerprint density at radius 1 is 1.50 bits per heavy atom. The minimum Gasteiger partial charge on any atom is -0.324 e. The van der Waals surface area contributed by atoms with Crippen molar-refractivity contribution in [1.29, 1.82) is 0 Å². The highest BCUT2D eigenvalue weighted by Gasteiger charge is 2.30. The number of nitrogens with one attached hydrogen (secondary N) is 1. The summed E-state index contributed by atoms with van der Waals surface area (Å²) >= 11 is 7.48. The molecule has 2 rings (SSSR count). The Labute approximate surface area is 92.0 Å². The predicted octanol–water partition coefficient (Wildman–Crippen LogP) is 3.00. The Hall–Kier alpha value is -0.670. The Morgan fingerprint density at radius 2 is 2.21 bits per heavy atom. The lowest BCUT2D eigenvalue weighted by molar-refractivity contribution is -0.115. The van der Waals surface area contributed by atoms with Gasteiger partial charge < -0.3 is 5.32 Å². The number of benzene rings is 1. The fraction of sp³-hybridized carbons (Fsp3) is 0.300. The van der Waals surface area contributed by atoms with Crippen molar-refractivity contribution in [1.82, 2.24) is 0 Å². The molecular weight excluding hydrogens is 218 g/mol. The predicted molar refractivity (Wildman–Crippen MR) is 61.1 cm³/mol. The van der Waals surface area contributed by atoms with E-state index in [1.165, 1.54) is 11.8 Å². The average Bonchev–Trinajstić information content (AvgIpc) is 2.41. The van der Waals surface area contributed by atoms with Gasteiger partial charge in [0, 0.05) is 10.7 Å². The SMILES string of the molecule is CSC1C(=O)Nc2c(C)cc(Cl)cc21. The number of anilines is 1. The van der Waals surface area contributed by atoms with Gasteiger partial charge in [0.25, 0.3) is 0 Å². The van der Waals surface area contributed by atoms with Crippen molar-refractivity contribution >= 4 is 35.0 Å². The number of aryl methyl sites for hydroxylation is 1. The number of amides is 1. The second kappa shape index (κ2) is 3.48. The standard InChI is InChI=1S/C10H10ClNOS/c1-5-3-6(11)4-7-8(5)12-10(13)9(7)14-2/h3-4,9H,1-2H3,(H,12,13). The number of hydrogen-bond donors (Lipinski definition) is 1. The molecule has 2 nitrogen and oxygen atoms in total. The van der Waals surface area contributed by atoms with Crippen molar-refractivity contribution in [3.05, 3.63) is 28.3 Å². The van der Waals surface area contributed by atoms with Gasteiger partial charge in [-0.25, -0.2) is 0 Å². The molecule has 0 spiro atoms. The maximum Gasteiger partial charge on any atom is 0.242 e. The molecule has 1 N–H and O–H groups in total. The van der Waals surface area contributed by atoms with Crippen LogP contribution in [0.4, 0.5) is 5.69 Å². The third-order valence-corrected chi connectivity index (χ3v) is 3.49. The molecule has 0 saturated carbocycles. The van der Waals surface area contributed by atoms with Crippen molar-refractivity contribution in [2.75, 3.05) is 11.6 Å². The van der Waals surface area contributed by atoms with Crippen LogP contribution in [0.3, 0.4) is 0 Å². The maximum absolute atomic E-state index is 11.6. The molecule has 0 bridgehead atoms. The van der Waals surface area contributed by atoms with Gasteiger partial charge in [-0.05, 0) is 36.4 Å². The molecule has 1 unspecified atom stereocenters. The van der Waals surface area contributed by atoms with E-state index in [2.05, 4.69) is 5.32 Å². The first-order valence-corrected chi connectivity index (χ1v) is 5.93. The van der Waals surface area contributed by atoms with Gasteiger partial charge in [0.2, 0.25) is 5.91 Å². The maximum atomic E-state index is 11.6. The van der Waals surface area contributed by atoms with Crippen LogP contribution in [0.15, 0.2) is 12.1 Å². The highest BCUT2D eigenvalue weighted by Crippen LogP contribution is 2.41.